The second kappa shape index (κ2) is 6.81. The number of nitrogens with one attached hydrogen (secondary N) is 1. The number of anilines is 2. The van der Waals surface area contributed by atoms with Crippen molar-refractivity contribution in [3.8, 4) is 23.0 Å². The zero-order valence-electron chi connectivity index (χ0n) is 18.9. The first kappa shape index (κ1) is 20.1. The van der Waals surface area contributed by atoms with Crippen molar-refractivity contribution in [2.24, 2.45) is 0 Å². The molecule has 4 heteroatoms. The first-order chi connectivity index (χ1) is 14.6. The topological polar surface area (TPSA) is 30.5 Å². The maximum atomic E-state index is 6.40. The Bertz CT molecular complexity index is 1200. The van der Waals surface area contributed by atoms with E-state index in [2.05, 4.69) is 52.1 Å². The Morgan fingerprint density at radius 1 is 0.742 bits per heavy atom. The summed E-state index contributed by atoms with van der Waals surface area (Å²) < 4.78 is 12.1. The molecule has 0 bridgehead atoms. The highest BCUT2D eigenvalue weighted by atomic mass is 16.6. The largest absolute Gasteiger partial charge is 0.450 e. The SMILES string of the molecule is [B]c1cc2c(cc1Nc1cc3c(cc1C)C(C)(C)CCC3(C)C)Oc1ccccc1O2. The number of hydrogen-bond donors (Lipinski definition) is 1. The number of rotatable bonds is 2. The van der Waals surface area contributed by atoms with E-state index in [9.17, 15) is 0 Å². The minimum atomic E-state index is 0.150. The van der Waals surface area contributed by atoms with Crippen molar-refractivity contribution in [2.75, 3.05) is 5.32 Å². The molecule has 1 N–H and O–H groups in total. The lowest BCUT2D eigenvalue weighted by Crippen LogP contribution is -2.34. The average molecular weight is 409 g/mol. The van der Waals surface area contributed by atoms with Gasteiger partial charge in [0.2, 0.25) is 0 Å². The van der Waals surface area contributed by atoms with Gasteiger partial charge in [0, 0.05) is 17.4 Å². The summed E-state index contributed by atoms with van der Waals surface area (Å²) >= 11 is 0. The second-order valence-electron chi connectivity index (χ2n) is 10.1. The first-order valence-electron chi connectivity index (χ1n) is 10.9. The van der Waals surface area contributed by atoms with E-state index in [4.69, 9.17) is 17.3 Å². The Morgan fingerprint density at radius 2 is 1.29 bits per heavy atom. The summed E-state index contributed by atoms with van der Waals surface area (Å²) in [7, 11) is 6.40. The van der Waals surface area contributed by atoms with E-state index < -0.39 is 0 Å². The molecule has 0 amide bonds. The van der Waals surface area contributed by atoms with Crippen molar-refractivity contribution in [3.05, 3.63) is 65.2 Å². The molecule has 0 saturated carbocycles. The normalized spacial score (nSPS) is 17.5. The van der Waals surface area contributed by atoms with Gasteiger partial charge in [-0.3, -0.25) is 0 Å². The molecule has 1 aliphatic heterocycles. The zero-order valence-corrected chi connectivity index (χ0v) is 18.9. The average Bonchev–Trinajstić information content (AvgIpc) is 2.72. The number of hydrogen-bond acceptors (Lipinski definition) is 3. The van der Waals surface area contributed by atoms with E-state index >= 15 is 0 Å². The molecule has 0 aromatic heterocycles. The molecule has 0 saturated heterocycles. The minimum absolute atomic E-state index is 0.150. The van der Waals surface area contributed by atoms with Crippen LogP contribution in [-0.4, -0.2) is 7.85 Å². The Labute approximate surface area is 186 Å². The van der Waals surface area contributed by atoms with Crippen LogP contribution < -0.4 is 20.3 Å². The Hall–Kier alpha value is -2.88. The molecule has 2 aliphatic rings. The Morgan fingerprint density at radius 3 is 1.90 bits per heavy atom. The van der Waals surface area contributed by atoms with Gasteiger partial charge in [-0.1, -0.05) is 51.4 Å². The molecule has 3 nitrogen and oxygen atoms in total. The van der Waals surface area contributed by atoms with Crippen LogP contribution in [0, 0.1) is 6.92 Å². The second-order valence-corrected chi connectivity index (χ2v) is 10.1. The molecular formula is C27H28BNO2. The fraction of sp³-hybridized carbons (Fsp3) is 0.333. The molecule has 2 radical (unpaired) electrons. The van der Waals surface area contributed by atoms with E-state index in [1.165, 1.54) is 29.5 Å². The quantitative estimate of drug-likeness (QED) is 0.370. The lowest BCUT2D eigenvalue weighted by atomic mass is 9.63. The standard InChI is InChI=1S/C27H28BNO2/c1-16-12-17-18(27(4,5)11-10-26(17,2)3)13-20(16)29-21-15-25-24(14-19(21)28)30-22-8-6-7-9-23(22)31-25/h6-9,12-15,29H,10-11H2,1-5H3. The van der Waals surface area contributed by atoms with Crippen LogP contribution in [0.3, 0.4) is 0 Å². The van der Waals surface area contributed by atoms with Crippen molar-refractivity contribution in [2.45, 2.75) is 58.3 Å². The van der Waals surface area contributed by atoms with Crippen molar-refractivity contribution >= 4 is 24.7 Å². The van der Waals surface area contributed by atoms with Gasteiger partial charge in [0.05, 0.1) is 0 Å². The van der Waals surface area contributed by atoms with Crippen LogP contribution in [0.2, 0.25) is 0 Å². The highest BCUT2D eigenvalue weighted by Crippen LogP contribution is 2.48. The zero-order chi connectivity index (χ0) is 22.0. The Balaban J connectivity index is 1.53. The molecule has 0 spiro atoms. The van der Waals surface area contributed by atoms with Gasteiger partial charge in [-0.15, -0.1) is 0 Å². The lowest BCUT2D eigenvalue weighted by Gasteiger charge is -2.42. The van der Waals surface area contributed by atoms with Gasteiger partial charge in [0.25, 0.3) is 0 Å². The third kappa shape index (κ3) is 3.38. The van der Waals surface area contributed by atoms with Gasteiger partial charge in [0.1, 0.15) is 7.85 Å². The molecule has 3 aromatic carbocycles. The summed E-state index contributed by atoms with van der Waals surface area (Å²) in [6.45, 7) is 11.5. The van der Waals surface area contributed by atoms with Gasteiger partial charge in [0.15, 0.2) is 23.0 Å². The van der Waals surface area contributed by atoms with Crippen LogP contribution in [0.4, 0.5) is 11.4 Å². The summed E-state index contributed by atoms with van der Waals surface area (Å²) in [5, 5.41) is 3.57. The summed E-state index contributed by atoms with van der Waals surface area (Å²) in [6.07, 6.45) is 2.39. The highest BCUT2D eigenvalue weighted by molar-refractivity contribution is 6.36. The van der Waals surface area contributed by atoms with E-state index in [1.807, 2.05) is 36.4 Å². The molecule has 1 heterocycles. The number of benzene rings is 3. The van der Waals surface area contributed by atoms with Crippen molar-refractivity contribution in [3.63, 3.8) is 0 Å². The summed E-state index contributed by atoms with van der Waals surface area (Å²) in [6, 6.07) is 16.1. The van der Waals surface area contributed by atoms with E-state index in [0.717, 1.165) is 11.4 Å². The lowest BCUT2D eigenvalue weighted by molar-refractivity contribution is 0.332. The number of ether oxygens (including phenoxy) is 2. The van der Waals surface area contributed by atoms with Crippen LogP contribution in [0.25, 0.3) is 0 Å². The van der Waals surface area contributed by atoms with E-state index in [1.54, 1.807) is 0 Å². The summed E-state index contributed by atoms with van der Waals surface area (Å²) in [5.41, 5.74) is 6.95. The predicted octanol–water partition coefficient (Wildman–Crippen LogP) is 6.78. The van der Waals surface area contributed by atoms with Crippen molar-refractivity contribution < 1.29 is 9.47 Å². The van der Waals surface area contributed by atoms with Crippen LogP contribution >= 0.6 is 0 Å². The van der Waals surface area contributed by atoms with Gasteiger partial charge in [-0.25, -0.2) is 0 Å². The molecule has 0 unspecified atom stereocenters. The van der Waals surface area contributed by atoms with Crippen LogP contribution in [0.5, 0.6) is 23.0 Å². The van der Waals surface area contributed by atoms with Gasteiger partial charge >= 0.3 is 0 Å². The highest BCUT2D eigenvalue weighted by Gasteiger charge is 2.37. The molecule has 1 aliphatic carbocycles. The smallest absolute Gasteiger partial charge is 0.172 e. The van der Waals surface area contributed by atoms with Gasteiger partial charge in [-0.2, -0.15) is 0 Å². The maximum Gasteiger partial charge on any atom is 0.172 e. The molecule has 5 rings (SSSR count). The monoisotopic (exact) mass is 409 g/mol. The van der Waals surface area contributed by atoms with E-state index in [-0.39, 0.29) is 10.8 Å². The molecule has 3 aromatic rings. The molecule has 156 valence electrons. The van der Waals surface area contributed by atoms with Crippen LogP contribution in [0.1, 0.15) is 57.2 Å². The maximum absolute atomic E-state index is 6.40. The first-order valence-corrected chi connectivity index (χ1v) is 10.9. The van der Waals surface area contributed by atoms with Crippen LogP contribution in [-0.2, 0) is 10.8 Å². The van der Waals surface area contributed by atoms with Crippen molar-refractivity contribution in [1.82, 2.24) is 0 Å². The van der Waals surface area contributed by atoms with E-state index in [0.29, 0.717) is 28.5 Å². The summed E-state index contributed by atoms with van der Waals surface area (Å²) in [4.78, 5) is 0. The third-order valence-corrected chi connectivity index (χ3v) is 6.87. The number of fused-ring (bicyclic) bond motifs is 3. The molecule has 0 fully saturated rings. The molecule has 0 atom stereocenters. The van der Waals surface area contributed by atoms with Gasteiger partial charge in [-0.05, 0) is 71.6 Å². The Kier molecular flexibility index (Phi) is 4.41. The van der Waals surface area contributed by atoms with Crippen molar-refractivity contribution in [1.29, 1.82) is 0 Å². The fourth-order valence-electron chi connectivity index (χ4n) is 4.70. The third-order valence-electron chi connectivity index (χ3n) is 6.87. The minimum Gasteiger partial charge on any atom is -0.450 e. The molecular weight excluding hydrogens is 381 g/mol. The summed E-state index contributed by atoms with van der Waals surface area (Å²) in [5.74, 6) is 2.70. The van der Waals surface area contributed by atoms with Crippen LogP contribution in [0.15, 0.2) is 48.5 Å². The number of para-hydroxylation sites is 2. The van der Waals surface area contributed by atoms with Gasteiger partial charge < -0.3 is 14.8 Å². The number of aryl methyl sites for hydroxylation is 1. The molecule has 31 heavy (non-hydrogen) atoms. The fourth-order valence-corrected chi connectivity index (χ4v) is 4.70. The predicted molar refractivity (Wildman–Crippen MR) is 128 cm³/mol.